The number of likely N-dealkylation sites (tertiary alicyclic amines) is 1. The highest BCUT2D eigenvalue weighted by Crippen LogP contribution is 2.25. The lowest BCUT2D eigenvalue weighted by atomic mass is 10.1. The first kappa shape index (κ1) is 17.1. The molecule has 1 aromatic carbocycles. The molecule has 0 unspecified atom stereocenters. The first-order chi connectivity index (χ1) is 11.5. The Hall–Kier alpha value is -1.69. The molecule has 6 heteroatoms. The van der Waals surface area contributed by atoms with Crippen molar-refractivity contribution in [1.29, 1.82) is 0 Å². The summed E-state index contributed by atoms with van der Waals surface area (Å²) in [5.74, 6) is 0.107. The number of amides is 1. The third kappa shape index (κ3) is 3.86. The van der Waals surface area contributed by atoms with Gasteiger partial charge in [0, 0.05) is 36.2 Å². The molecule has 0 aliphatic carbocycles. The molecule has 1 saturated heterocycles. The van der Waals surface area contributed by atoms with Crippen LogP contribution in [0.3, 0.4) is 0 Å². The van der Waals surface area contributed by atoms with Gasteiger partial charge in [0.15, 0.2) is 0 Å². The van der Waals surface area contributed by atoms with Gasteiger partial charge in [0.05, 0.1) is 18.2 Å². The maximum atomic E-state index is 12.4. The number of piperidine rings is 1. The Kier molecular flexibility index (Phi) is 5.33. The molecule has 1 amide bonds. The zero-order valence-electron chi connectivity index (χ0n) is 13.8. The number of benzene rings is 1. The molecular formula is C18H22ClN3O2. The van der Waals surface area contributed by atoms with E-state index in [1.807, 2.05) is 41.1 Å². The van der Waals surface area contributed by atoms with E-state index in [4.69, 9.17) is 11.6 Å². The highest BCUT2D eigenvalue weighted by molar-refractivity contribution is 6.35. The van der Waals surface area contributed by atoms with Gasteiger partial charge in [-0.25, -0.2) is 0 Å². The van der Waals surface area contributed by atoms with Gasteiger partial charge in [0.2, 0.25) is 5.91 Å². The largest absolute Gasteiger partial charge is 0.393 e. The third-order valence-corrected chi connectivity index (χ3v) is 4.79. The number of carbonyl (C=O) groups excluding carboxylic acids is 1. The fourth-order valence-electron chi connectivity index (χ4n) is 3.12. The molecule has 1 N–H and O–H groups in total. The minimum absolute atomic E-state index is 0.107. The van der Waals surface area contributed by atoms with E-state index in [0.717, 1.165) is 16.5 Å². The Balaban J connectivity index is 1.66. The van der Waals surface area contributed by atoms with Gasteiger partial charge in [-0.05, 0) is 43.7 Å². The predicted molar refractivity (Wildman–Crippen MR) is 94.9 cm³/mol. The standard InChI is InChI=1S/C18H22ClN3O2/c1-21(12-17(24)22-9-6-14(23)7-10-22)11-13-4-5-16(19)15-3-2-8-20-18(13)15/h2-5,8,14,23H,6-7,9-12H2,1H3. The monoisotopic (exact) mass is 347 g/mol. The average Bonchev–Trinajstić information content (AvgIpc) is 2.58. The molecule has 2 heterocycles. The van der Waals surface area contributed by atoms with Gasteiger partial charge in [-0.3, -0.25) is 14.7 Å². The maximum absolute atomic E-state index is 12.4. The molecule has 2 aromatic rings. The molecule has 1 aliphatic rings. The summed E-state index contributed by atoms with van der Waals surface area (Å²) >= 11 is 6.23. The molecule has 5 nitrogen and oxygen atoms in total. The van der Waals surface area contributed by atoms with E-state index < -0.39 is 0 Å². The van der Waals surface area contributed by atoms with E-state index in [-0.39, 0.29) is 12.0 Å². The summed E-state index contributed by atoms with van der Waals surface area (Å²) in [4.78, 5) is 20.7. The van der Waals surface area contributed by atoms with Crippen LogP contribution in [0.2, 0.25) is 5.02 Å². The Bertz CT molecular complexity index is 729. The van der Waals surface area contributed by atoms with Crippen molar-refractivity contribution in [3.63, 3.8) is 0 Å². The Labute approximate surface area is 146 Å². The number of aliphatic hydroxyl groups excluding tert-OH is 1. The smallest absolute Gasteiger partial charge is 0.236 e. The van der Waals surface area contributed by atoms with Gasteiger partial charge >= 0.3 is 0 Å². The van der Waals surface area contributed by atoms with Gasteiger partial charge in [-0.1, -0.05) is 17.7 Å². The van der Waals surface area contributed by atoms with Crippen molar-refractivity contribution in [2.24, 2.45) is 0 Å². The molecule has 1 aromatic heterocycles. The summed E-state index contributed by atoms with van der Waals surface area (Å²) in [7, 11) is 1.93. The zero-order valence-corrected chi connectivity index (χ0v) is 14.5. The van der Waals surface area contributed by atoms with Gasteiger partial charge in [-0.2, -0.15) is 0 Å². The summed E-state index contributed by atoms with van der Waals surface area (Å²) in [5, 5.41) is 11.2. The van der Waals surface area contributed by atoms with Crippen molar-refractivity contribution in [3.05, 3.63) is 41.0 Å². The Morgan fingerprint density at radius 3 is 2.88 bits per heavy atom. The Morgan fingerprint density at radius 1 is 1.38 bits per heavy atom. The van der Waals surface area contributed by atoms with Crippen molar-refractivity contribution in [1.82, 2.24) is 14.8 Å². The number of carbonyl (C=O) groups is 1. The van der Waals surface area contributed by atoms with E-state index in [1.165, 1.54) is 0 Å². The number of likely N-dealkylation sites (N-methyl/N-ethyl adjacent to an activating group) is 1. The number of rotatable bonds is 4. The summed E-state index contributed by atoms with van der Waals surface area (Å²) in [6.07, 6.45) is 2.83. The lowest BCUT2D eigenvalue weighted by molar-refractivity contribution is -0.134. The number of hydrogen-bond donors (Lipinski definition) is 1. The van der Waals surface area contributed by atoms with Gasteiger partial charge in [0.25, 0.3) is 0 Å². The molecule has 1 fully saturated rings. The van der Waals surface area contributed by atoms with E-state index in [9.17, 15) is 9.90 Å². The van der Waals surface area contributed by atoms with Crippen LogP contribution in [-0.2, 0) is 11.3 Å². The number of pyridine rings is 1. The number of halogens is 1. The predicted octanol–water partition coefficient (Wildman–Crippen LogP) is 2.30. The molecule has 128 valence electrons. The van der Waals surface area contributed by atoms with Crippen LogP contribution in [0.1, 0.15) is 18.4 Å². The second-order valence-electron chi connectivity index (χ2n) is 6.39. The molecule has 0 atom stereocenters. The quantitative estimate of drug-likeness (QED) is 0.922. The number of aliphatic hydroxyl groups is 1. The number of aromatic nitrogens is 1. The van der Waals surface area contributed by atoms with Gasteiger partial charge in [-0.15, -0.1) is 0 Å². The summed E-state index contributed by atoms with van der Waals surface area (Å²) < 4.78 is 0. The van der Waals surface area contributed by atoms with Crippen LogP contribution < -0.4 is 0 Å². The van der Waals surface area contributed by atoms with Crippen LogP contribution in [-0.4, -0.2) is 58.6 Å². The lowest BCUT2D eigenvalue weighted by Gasteiger charge is -2.31. The van der Waals surface area contributed by atoms with Crippen LogP contribution in [0.25, 0.3) is 10.9 Å². The molecule has 0 radical (unpaired) electrons. The van der Waals surface area contributed by atoms with Crippen LogP contribution in [0.4, 0.5) is 0 Å². The lowest BCUT2D eigenvalue weighted by Crippen LogP contribution is -2.44. The fraction of sp³-hybridized carbons (Fsp3) is 0.444. The zero-order chi connectivity index (χ0) is 17.1. The molecule has 0 saturated carbocycles. The van der Waals surface area contributed by atoms with E-state index in [0.29, 0.717) is 44.0 Å². The highest BCUT2D eigenvalue weighted by atomic mass is 35.5. The van der Waals surface area contributed by atoms with Crippen LogP contribution in [0.15, 0.2) is 30.5 Å². The fourth-order valence-corrected chi connectivity index (χ4v) is 3.33. The minimum atomic E-state index is -0.265. The van der Waals surface area contributed by atoms with Gasteiger partial charge < -0.3 is 10.0 Å². The first-order valence-corrected chi connectivity index (χ1v) is 8.59. The van der Waals surface area contributed by atoms with Crippen molar-refractivity contribution < 1.29 is 9.90 Å². The Morgan fingerprint density at radius 2 is 2.12 bits per heavy atom. The van der Waals surface area contributed by atoms with Crippen LogP contribution in [0, 0.1) is 0 Å². The highest BCUT2D eigenvalue weighted by Gasteiger charge is 2.22. The topological polar surface area (TPSA) is 56.7 Å². The van der Waals surface area contributed by atoms with Crippen molar-refractivity contribution in [2.45, 2.75) is 25.5 Å². The van der Waals surface area contributed by atoms with Crippen LogP contribution >= 0.6 is 11.6 Å². The maximum Gasteiger partial charge on any atom is 0.236 e. The molecule has 3 rings (SSSR count). The second-order valence-corrected chi connectivity index (χ2v) is 6.80. The number of hydrogen-bond acceptors (Lipinski definition) is 4. The number of fused-ring (bicyclic) bond motifs is 1. The molecule has 0 bridgehead atoms. The molecule has 0 spiro atoms. The summed E-state index contributed by atoms with van der Waals surface area (Å²) in [6, 6.07) is 7.67. The van der Waals surface area contributed by atoms with Crippen molar-refractivity contribution >= 4 is 28.4 Å². The minimum Gasteiger partial charge on any atom is -0.393 e. The first-order valence-electron chi connectivity index (χ1n) is 8.21. The van der Waals surface area contributed by atoms with E-state index in [2.05, 4.69) is 4.98 Å². The third-order valence-electron chi connectivity index (χ3n) is 4.46. The SMILES string of the molecule is CN(CC(=O)N1CCC(O)CC1)Cc1ccc(Cl)c2cccnc12. The number of nitrogens with zero attached hydrogens (tertiary/aromatic N) is 3. The van der Waals surface area contributed by atoms with Crippen molar-refractivity contribution in [2.75, 3.05) is 26.7 Å². The van der Waals surface area contributed by atoms with E-state index >= 15 is 0 Å². The summed E-state index contributed by atoms with van der Waals surface area (Å²) in [5.41, 5.74) is 1.93. The average molecular weight is 348 g/mol. The van der Waals surface area contributed by atoms with Crippen LogP contribution in [0.5, 0.6) is 0 Å². The molecule has 24 heavy (non-hydrogen) atoms. The molecular weight excluding hydrogens is 326 g/mol. The second kappa shape index (κ2) is 7.47. The van der Waals surface area contributed by atoms with Crippen molar-refractivity contribution in [3.8, 4) is 0 Å². The summed E-state index contributed by atoms with van der Waals surface area (Å²) in [6.45, 7) is 2.26. The normalized spacial score (nSPS) is 16.1. The molecule has 1 aliphatic heterocycles. The van der Waals surface area contributed by atoms with E-state index in [1.54, 1.807) is 6.20 Å². The van der Waals surface area contributed by atoms with Gasteiger partial charge in [0.1, 0.15) is 0 Å².